The summed E-state index contributed by atoms with van der Waals surface area (Å²) in [5.74, 6) is 1.06. The van der Waals surface area contributed by atoms with E-state index in [0.717, 1.165) is 17.7 Å². The topological polar surface area (TPSA) is 67.4 Å². The Balaban J connectivity index is 1.51. The average Bonchev–Trinajstić information content (AvgIpc) is 2.79. The number of carbonyl (C=O) groups is 2. The molecule has 0 unspecified atom stereocenters. The second-order valence-electron chi connectivity index (χ2n) is 8.12. The Morgan fingerprint density at radius 1 is 0.844 bits per heavy atom. The highest BCUT2D eigenvalue weighted by molar-refractivity contribution is 6.04. The lowest BCUT2D eigenvalue weighted by atomic mass is 10.1. The molecule has 3 aromatic rings. The maximum absolute atomic E-state index is 12.6. The molecule has 0 aliphatic heterocycles. The van der Waals surface area contributed by atoms with Gasteiger partial charge < -0.3 is 15.4 Å². The monoisotopic (exact) mass is 430 g/mol. The van der Waals surface area contributed by atoms with E-state index in [9.17, 15) is 9.59 Å². The van der Waals surface area contributed by atoms with Crippen molar-refractivity contribution in [3.63, 3.8) is 0 Å². The van der Waals surface area contributed by atoms with Gasteiger partial charge in [0, 0.05) is 23.4 Å². The normalized spacial score (nSPS) is 10.6. The van der Waals surface area contributed by atoms with Crippen LogP contribution in [0.4, 0.5) is 11.4 Å². The van der Waals surface area contributed by atoms with Crippen LogP contribution in [0.2, 0.25) is 0 Å². The number of benzene rings is 3. The first-order valence-corrected chi connectivity index (χ1v) is 11.0. The van der Waals surface area contributed by atoms with Crippen LogP contribution in [0, 0.1) is 5.92 Å². The minimum absolute atomic E-state index is 0.0645. The highest BCUT2D eigenvalue weighted by atomic mass is 16.5. The number of hydrogen-bond acceptors (Lipinski definition) is 3. The van der Waals surface area contributed by atoms with Crippen molar-refractivity contribution < 1.29 is 14.3 Å². The highest BCUT2D eigenvalue weighted by Gasteiger charge is 2.08. The zero-order chi connectivity index (χ0) is 22.8. The van der Waals surface area contributed by atoms with Crippen LogP contribution < -0.4 is 15.4 Å². The zero-order valence-corrected chi connectivity index (χ0v) is 18.6. The molecule has 0 fully saturated rings. The van der Waals surface area contributed by atoms with E-state index >= 15 is 0 Å². The summed E-state index contributed by atoms with van der Waals surface area (Å²) in [6, 6.07) is 24.2. The van der Waals surface area contributed by atoms with Crippen LogP contribution in [0.5, 0.6) is 5.75 Å². The second kappa shape index (κ2) is 11.7. The number of aryl methyl sites for hydroxylation is 1. The summed E-state index contributed by atoms with van der Waals surface area (Å²) in [6.07, 6.45) is 2.06. The van der Waals surface area contributed by atoms with Gasteiger partial charge in [-0.2, -0.15) is 0 Å². The molecule has 0 aromatic heterocycles. The average molecular weight is 431 g/mol. The molecule has 0 saturated heterocycles. The maximum Gasteiger partial charge on any atom is 0.255 e. The smallest absolute Gasteiger partial charge is 0.255 e. The molecule has 2 amide bonds. The Hall–Kier alpha value is -3.60. The minimum atomic E-state index is -0.216. The fourth-order valence-corrected chi connectivity index (χ4v) is 3.12. The lowest BCUT2D eigenvalue weighted by molar-refractivity contribution is -0.116. The third-order valence-electron chi connectivity index (χ3n) is 4.97. The molecule has 0 radical (unpaired) electrons. The van der Waals surface area contributed by atoms with Crippen LogP contribution in [0.15, 0.2) is 78.9 Å². The third-order valence-corrected chi connectivity index (χ3v) is 4.97. The number of amides is 2. The Morgan fingerprint density at radius 3 is 2.22 bits per heavy atom. The lowest BCUT2D eigenvalue weighted by Crippen LogP contribution is -2.14. The first-order chi connectivity index (χ1) is 15.5. The summed E-state index contributed by atoms with van der Waals surface area (Å²) in [5, 5.41) is 5.77. The van der Waals surface area contributed by atoms with Crippen LogP contribution in [0.1, 0.15) is 42.6 Å². The molecule has 5 heteroatoms. The first kappa shape index (κ1) is 23.1. The van der Waals surface area contributed by atoms with Gasteiger partial charge in [-0.25, -0.2) is 0 Å². The maximum atomic E-state index is 12.6. The molecule has 0 aliphatic rings. The number of anilines is 2. The summed E-state index contributed by atoms with van der Waals surface area (Å²) >= 11 is 0. The van der Waals surface area contributed by atoms with E-state index in [0.29, 0.717) is 42.3 Å². The molecular formula is C27H30N2O3. The van der Waals surface area contributed by atoms with Crippen LogP contribution in [0.3, 0.4) is 0 Å². The molecule has 2 N–H and O–H groups in total. The molecule has 0 heterocycles. The van der Waals surface area contributed by atoms with Gasteiger partial charge in [0.15, 0.2) is 0 Å². The van der Waals surface area contributed by atoms with E-state index in [1.165, 1.54) is 0 Å². The van der Waals surface area contributed by atoms with Crippen LogP contribution in [-0.4, -0.2) is 18.4 Å². The van der Waals surface area contributed by atoms with Gasteiger partial charge in [0.2, 0.25) is 5.91 Å². The van der Waals surface area contributed by atoms with E-state index in [1.54, 1.807) is 48.5 Å². The van der Waals surface area contributed by atoms with Crippen molar-refractivity contribution in [2.75, 3.05) is 17.2 Å². The summed E-state index contributed by atoms with van der Waals surface area (Å²) in [6.45, 7) is 4.97. The first-order valence-electron chi connectivity index (χ1n) is 11.0. The molecule has 5 nitrogen and oxygen atoms in total. The van der Waals surface area contributed by atoms with Crippen molar-refractivity contribution in [2.24, 2.45) is 5.92 Å². The van der Waals surface area contributed by atoms with Gasteiger partial charge in [0.1, 0.15) is 5.75 Å². The fraction of sp³-hybridized carbons (Fsp3) is 0.259. The summed E-state index contributed by atoms with van der Waals surface area (Å²) in [5.41, 5.74) is 2.93. The minimum Gasteiger partial charge on any atom is -0.494 e. The van der Waals surface area contributed by atoms with Crippen LogP contribution in [-0.2, 0) is 11.2 Å². The molecule has 0 spiro atoms. The Bertz CT molecular complexity index is 1010. The third kappa shape index (κ3) is 7.58. The highest BCUT2D eigenvalue weighted by Crippen LogP contribution is 2.18. The van der Waals surface area contributed by atoms with Gasteiger partial charge in [-0.15, -0.1) is 0 Å². The number of carbonyl (C=O) groups excluding carboxylic acids is 2. The zero-order valence-electron chi connectivity index (χ0n) is 18.6. The second-order valence-corrected chi connectivity index (χ2v) is 8.12. The van der Waals surface area contributed by atoms with E-state index in [1.807, 2.05) is 30.3 Å². The molecule has 32 heavy (non-hydrogen) atoms. The van der Waals surface area contributed by atoms with Gasteiger partial charge in [-0.1, -0.05) is 50.2 Å². The van der Waals surface area contributed by atoms with E-state index in [-0.39, 0.29) is 11.8 Å². The molecule has 0 saturated carbocycles. The van der Waals surface area contributed by atoms with Crippen LogP contribution >= 0.6 is 0 Å². The summed E-state index contributed by atoms with van der Waals surface area (Å²) in [7, 11) is 0. The Morgan fingerprint density at radius 2 is 1.53 bits per heavy atom. The molecule has 166 valence electrons. The van der Waals surface area contributed by atoms with Crippen molar-refractivity contribution in [1.82, 2.24) is 0 Å². The summed E-state index contributed by atoms with van der Waals surface area (Å²) in [4.78, 5) is 24.9. The van der Waals surface area contributed by atoms with Gasteiger partial charge in [-0.3, -0.25) is 9.59 Å². The standard InChI is InChI=1S/C27H30N2O3/c1-20(2)17-18-32-25-14-12-22(13-15-25)27(31)29-24-10-6-9-23(19-24)28-26(30)16-11-21-7-4-3-5-8-21/h3-10,12-15,19-20H,11,16-18H2,1-2H3,(H,28,30)(H,29,31). The van der Waals surface area contributed by atoms with Crippen molar-refractivity contribution in [1.29, 1.82) is 0 Å². The van der Waals surface area contributed by atoms with Crippen LogP contribution in [0.25, 0.3) is 0 Å². The van der Waals surface area contributed by atoms with E-state index in [4.69, 9.17) is 4.74 Å². The Kier molecular flexibility index (Phi) is 8.44. The SMILES string of the molecule is CC(C)CCOc1ccc(C(=O)Nc2cccc(NC(=O)CCc3ccccc3)c2)cc1. The van der Waals surface area contributed by atoms with Crippen molar-refractivity contribution in [3.8, 4) is 5.75 Å². The van der Waals surface area contributed by atoms with Crippen molar-refractivity contribution >= 4 is 23.2 Å². The number of nitrogens with one attached hydrogen (secondary N) is 2. The van der Waals surface area contributed by atoms with Crippen molar-refractivity contribution in [2.45, 2.75) is 33.1 Å². The molecule has 3 rings (SSSR count). The van der Waals surface area contributed by atoms with Gasteiger partial charge in [-0.05, 0) is 66.8 Å². The molecule has 3 aromatic carbocycles. The summed E-state index contributed by atoms with van der Waals surface area (Å²) < 4.78 is 5.70. The van der Waals surface area contributed by atoms with E-state index in [2.05, 4.69) is 24.5 Å². The van der Waals surface area contributed by atoms with Gasteiger partial charge in [0.25, 0.3) is 5.91 Å². The lowest BCUT2D eigenvalue weighted by Gasteiger charge is -2.10. The largest absolute Gasteiger partial charge is 0.494 e. The quantitative estimate of drug-likeness (QED) is 0.419. The molecule has 0 atom stereocenters. The molecule has 0 bridgehead atoms. The molecular weight excluding hydrogens is 400 g/mol. The van der Waals surface area contributed by atoms with Crippen molar-refractivity contribution in [3.05, 3.63) is 90.0 Å². The number of hydrogen-bond donors (Lipinski definition) is 2. The molecule has 0 aliphatic carbocycles. The number of rotatable bonds is 10. The Labute approximate surface area is 189 Å². The fourth-order valence-electron chi connectivity index (χ4n) is 3.12. The van der Waals surface area contributed by atoms with E-state index < -0.39 is 0 Å². The van der Waals surface area contributed by atoms with Gasteiger partial charge >= 0.3 is 0 Å². The number of ether oxygens (including phenoxy) is 1. The van der Waals surface area contributed by atoms with Gasteiger partial charge in [0.05, 0.1) is 6.61 Å². The predicted octanol–water partition coefficient (Wildman–Crippen LogP) is 5.94. The predicted molar refractivity (Wildman–Crippen MR) is 129 cm³/mol.